The average molecular weight is 334 g/mol. The average Bonchev–Trinajstić information content (AvgIpc) is 2.83. The first-order valence-electron chi connectivity index (χ1n) is 6.40. The topological polar surface area (TPSA) is 46.6 Å². The minimum absolute atomic E-state index is 0.120. The first-order chi connectivity index (χ1) is 9.86. The van der Waals surface area contributed by atoms with Crippen LogP contribution in [0.4, 0.5) is 4.39 Å². The van der Waals surface area contributed by atoms with Gasteiger partial charge in [0.05, 0.1) is 18.2 Å². The maximum Gasteiger partial charge on any atom is 0.328 e. The van der Waals surface area contributed by atoms with Crippen molar-refractivity contribution in [3.8, 4) is 0 Å². The number of hydrogen-bond donors (Lipinski definition) is 0. The normalized spacial score (nSPS) is 19.8. The van der Waals surface area contributed by atoms with E-state index >= 15 is 0 Å². The lowest BCUT2D eigenvalue weighted by atomic mass is 10.0. The lowest BCUT2D eigenvalue weighted by Gasteiger charge is -2.30. The number of benzene rings is 1. The number of esters is 1. The fourth-order valence-electron chi connectivity index (χ4n) is 2.59. The fraction of sp³-hybridized carbons (Fsp3) is 0.429. The predicted octanol–water partition coefficient (Wildman–Crippen LogP) is 3.36. The Labute approximate surface area is 131 Å². The van der Waals surface area contributed by atoms with E-state index in [2.05, 4.69) is 0 Å². The minimum Gasteiger partial charge on any atom is -0.467 e. The van der Waals surface area contributed by atoms with E-state index in [0.717, 1.165) is 0 Å². The van der Waals surface area contributed by atoms with Gasteiger partial charge in [-0.25, -0.2) is 9.18 Å². The second-order valence-corrected chi connectivity index (χ2v) is 5.69. The number of likely N-dealkylation sites (tertiary alicyclic amines) is 1. The summed E-state index contributed by atoms with van der Waals surface area (Å²) >= 11 is 11.7. The molecule has 7 heteroatoms. The summed E-state index contributed by atoms with van der Waals surface area (Å²) in [7, 11) is 1.25. The fourth-order valence-corrected chi connectivity index (χ4v) is 3.09. The van der Waals surface area contributed by atoms with Crippen molar-refractivity contribution >= 4 is 35.1 Å². The van der Waals surface area contributed by atoms with Crippen LogP contribution in [0.25, 0.3) is 0 Å². The first-order valence-corrected chi connectivity index (χ1v) is 7.15. The molecule has 2 unspecified atom stereocenters. The molecule has 0 spiro atoms. The van der Waals surface area contributed by atoms with E-state index in [1.165, 1.54) is 24.1 Å². The van der Waals surface area contributed by atoms with Crippen LogP contribution in [0.5, 0.6) is 0 Å². The van der Waals surface area contributed by atoms with Gasteiger partial charge in [0.15, 0.2) is 0 Å². The van der Waals surface area contributed by atoms with Crippen molar-refractivity contribution in [3.05, 3.63) is 33.6 Å². The third kappa shape index (κ3) is 2.99. The number of methoxy groups -OCH3 is 1. The van der Waals surface area contributed by atoms with Crippen molar-refractivity contribution in [2.75, 3.05) is 7.11 Å². The lowest BCUT2D eigenvalue weighted by Crippen LogP contribution is -2.41. The van der Waals surface area contributed by atoms with Crippen LogP contribution in [-0.4, -0.2) is 29.9 Å². The molecule has 1 aromatic rings. The zero-order chi connectivity index (χ0) is 15.7. The standard InChI is InChI=1S/C14H14Cl2FNO3/c1-7(9-5-8(15)6-10(16)13(9)17)18-11(14(20)21-2)3-4-12(18)19/h5-7,11H,3-4H2,1-2H3. The Kier molecular flexibility index (Phi) is 4.74. The number of ether oxygens (including phenoxy) is 1. The molecular weight excluding hydrogens is 320 g/mol. The first kappa shape index (κ1) is 16.0. The highest BCUT2D eigenvalue weighted by Crippen LogP contribution is 2.35. The molecule has 4 nitrogen and oxygen atoms in total. The summed E-state index contributed by atoms with van der Waals surface area (Å²) in [6.45, 7) is 1.63. The van der Waals surface area contributed by atoms with Gasteiger partial charge in [0.25, 0.3) is 0 Å². The van der Waals surface area contributed by atoms with Crippen LogP contribution in [0, 0.1) is 5.82 Å². The molecule has 0 saturated carbocycles. The monoisotopic (exact) mass is 333 g/mol. The number of hydrogen-bond acceptors (Lipinski definition) is 3. The molecule has 1 aliphatic heterocycles. The van der Waals surface area contributed by atoms with Crippen LogP contribution in [0.3, 0.4) is 0 Å². The molecular formula is C14H14Cl2FNO3. The van der Waals surface area contributed by atoms with E-state index in [0.29, 0.717) is 6.42 Å². The molecule has 0 aliphatic carbocycles. The Bertz CT molecular complexity index is 594. The summed E-state index contributed by atoms with van der Waals surface area (Å²) in [5.74, 6) is -1.38. The molecule has 1 saturated heterocycles. The predicted molar refractivity (Wildman–Crippen MR) is 76.7 cm³/mol. The van der Waals surface area contributed by atoms with Crippen LogP contribution >= 0.6 is 23.2 Å². The van der Waals surface area contributed by atoms with Gasteiger partial charge in [-0.2, -0.15) is 0 Å². The summed E-state index contributed by atoms with van der Waals surface area (Å²) < 4.78 is 18.9. The van der Waals surface area contributed by atoms with Crippen LogP contribution < -0.4 is 0 Å². The third-order valence-corrected chi connectivity index (χ3v) is 4.11. The van der Waals surface area contributed by atoms with E-state index in [-0.39, 0.29) is 27.9 Å². The highest BCUT2D eigenvalue weighted by Gasteiger charge is 2.40. The second kappa shape index (κ2) is 6.20. The SMILES string of the molecule is COC(=O)C1CCC(=O)N1C(C)c1cc(Cl)cc(Cl)c1F. The number of rotatable bonds is 3. The van der Waals surface area contributed by atoms with E-state index in [1.54, 1.807) is 6.92 Å². The van der Waals surface area contributed by atoms with Gasteiger partial charge in [0, 0.05) is 17.0 Å². The second-order valence-electron chi connectivity index (χ2n) is 4.85. The Morgan fingerprint density at radius 3 is 2.76 bits per heavy atom. The van der Waals surface area contributed by atoms with Crippen molar-refractivity contribution in [2.45, 2.75) is 31.8 Å². The van der Waals surface area contributed by atoms with Crippen molar-refractivity contribution in [2.24, 2.45) is 0 Å². The Balaban J connectivity index is 2.40. The summed E-state index contributed by atoms with van der Waals surface area (Å²) in [6.07, 6.45) is 0.575. The number of carbonyl (C=O) groups excluding carboxylic acids is 2. The highest BCUT2D eigenvalue weighted by atomic mass is 35.5. The summed E-state index contributed by atoms with van der Waals surface area (Å²) in [5, 5.41) is 0.148. The van der Waals surface area contributed by atoms with Gasteiger partial charge >= 0.3 is 5.97 Å². The lowest BCUT2D eigenvalue weighted by molar-refractivity contribution is -0.150. The van der Waals surface area contributed by atoms with Crippen molar-refractivity contribution in [1.82, 2.24) is 4.90 Å². The van der Waals surface area contributed by atoms with Gasteiger partial charge < -0.3 is 9.64 Å². The van der Waals surface area contributed by atoms with Crippen molar-refractivity contribution in [1.29, 1.82) is 0 Å². The zero-order valence-electron chi connectivity index (χ0n) is 11.5. The van der Waals surface area contributed by atoms with E-state index in [4.69, 9.17) is 27.9 Å². The third-order valence-electron chi connectivity index (χ3n) is 3.62. The van der Waals surface area contributed by atoms with Crippen LogP contribution in [0.1, 0.15) is 31.4 Å². The number of halogens is 3. The van der Waals surface area contributed by atoms with Gasteiger partial charge in [0.1, 0.15) is 11.9 Å². The maximum absolute atomic E-state index is 14.2. The van der Waals surface area contributed by atoms with E-state index < -0.39 is 23.9 Å². The summed E-state index contributed by atoms with van der Waals surface area (Å²) in [6, 6.07) is 1.32. The molecule has 0 bridgehead atoms. The van der Waals surface area contributed by atoms with Crippen molar-refractivity contribution < 1.29 is 18.7 Å². The quantitative estimate of drug-likeness (QED) is 0.629. The maximum atomic E-state index is 14.2. The summed E-state index contributed by atoms with van der Waals surface area (Å²) in [4.78, 5) is 25.1. The molecule has 0 N–H and O–H groups in total. The molecule has 21 heavy (non-hydrogen) atoms. The van der Waals surface area contributed by atoms with Gasteiger partial charge in [0.2, 0.25) is 5.91 Å². The Morgan fingerprint density at radius 2 is 2.14 bits per heavy atom. The van der Waals surface area contributed by atoms with Gasteiger partial charge in [-0.05, 0) is 25.5 Å². The van der Waals surface area contributed by atoms with Crippen molar-refractivity contribution in [3.63, 3.8) is 0 Å². The molecule has 114 valence electrons. The highest BCUT2D eigenvalue weighted by molar-refractivity contribution is 6.34. The van der Waals surface area contributed by atoms with Crippen LogP contribution in [0.2, 0.25) is 10.0 Å². The molecule has 1 fully saturated rings. The molecule has 1 aliphatic rings. The number of amides is 1. The van der Waals surface area contributed by atoms with Gasteiger partial charge in [-0.3, -0.25) is 4.79 Å². The summed E-state index contributed by atoms with van der Waals surface area (Å²) in [5.41, 5.74) is 0.177. The molecule has 1 heterocycles. The largest absolute Gasteiger partial charge is 0.467 e. The number of nitrogens with zero attached hydrogens (tertiary/aromatic N) is 1. The zero-order valence-corrected chi connectivity index (χ0v) is 13.0. The molecule has 2 rings (SSSR count). The molecule has 2 atom stereocenters. The van der Waals surface area contributed by atoms with Crippen LogP contribution in [-0.2, 0) is 14.3 Å². The minimum atomic E-state index is -0.713. The smallest absolute Gasteiger partial charge is 0.328 e. The Hall–Kier alpha value is -1.33. The number of carbonyl (C=O) groups is 2. The van der Waals surface area contributed by atoms with Gasteiger partial charge in [-0.15, -0.1) is 0 Å². The molecule has 0 aromatic heterocycles. The van der Waals surface area contributed by atoms with E-state index in [1.807, 2.05) is 0 Å². The van der Waals surface area contributed by atoms with E-state index in [9.17, 15) is 14.0 Å². The molecule has 1 aromatic carbocycles. The molecule has 0 radical (unpaired) electrons. The Morgan fingerprint density at radius 1 is 1.48 bits per heavy atom. The van der Waals surface area contributed by atoms with Crippen LogP contribution in [0.15, 0.2) is 12.1 Å². The molecule has 1 amide bonds. The van der Waals surface area contributed by atoms with Gasteiger partial charge in [-0.1, -0.05) is 23.2 Å².